The molecule has 0 saturated heterocycles. The number of benzene rings is 1. The molecule has 2 rings (SSSR count). The number of ether oxygens (including phenoxy) is 1. The van der Waals surface area contributed by atoms with E-state index < -0.39 is 6.10 Å². The van der Waals surface area contributed by atoms with Crippen molar-refractivity contribution in [1.29, 1.82) is 0 Å². The zero-order valence-electron chi connectivity index (χ0n) is 10.00. The molecule has 17 heavy (non-hydrogen) atoms. The second-order valence-electron chi connectivity index (χ2n) is 4.02. The normalized spacial score (nSPS) is 12.4. The first-order chi connectivity index (χ1) is 8.16. The lowest BCUT2D eigenvalue weighted by Crippen LogP contribution is -2.00. The molecule has 0 amide bonds. The van der Waals surface area contributed by atoms with Gasteiger partial charge in [0.1, 0.15) is 12.4 Å². The van der Waals surface area contributed by atoms with Gasteiger partial charge in [-0.3, -0.25) is 4.68 Å². The number of rotatable bonds is 4. The van der Waals surface area contributed by atoms with Crippen LogP contribution in [-0.2, 0) is 13.7 Å². The first kappa shape index (κ1) is 11.7. The van der Waals surface area contributed by atoms with E-state index in [4.69, 9.17) is 4.74 Å². The maximum Gasteiger partial charge on any atom is 0.125 e. The SMILES string of the molecule is CC(O)c1ccccc1OCc1cnn(C)c1. The Bertz CT molecular complexity index is 492. The summed E-state index contributed by atoms with van der Waals surface area (Å²) in [6, 6.07) is 7.51. The van der Waals surface area contributed by atoms with Crippen molar-refractivity contribution in [2.24, 2.45) is 7.05 Å². The highest BCUT2D eigenvalue weighted by atomic mass is 16.5. The molecule has 1 unspecified atom stereocenters. The lowest BCUT2D eigenvalue weighted by molar-refractivity contribution is 0.190. The van der Waals surface area contributed by atoms with Gasteiger partial charge in [-0.15, -0.1) is 0 Å². The minimum Gasteiger partial charge on any atom is -0.488 e. The predicted molar refractivity (Wildman–Crippen MR) is 64.6 cm³/mol. The molecule has 1 atom stereocenters. The molecule has 1 aromatic carbocycles. The predicted octanol–water partition coefficient (Wildman–Crippen LogP) is 2.05. The Morgan fingerprint density at radius 1 is 1.41 bits per heavy atom. The summed E-state index contributed by atoms with van der Waals surface area (Å²) in [7, 11) is 1.87. The number of para-hydroxylation sites is 1. The lowest BCUT2D eigenvalue weighted by Gasteiger charge is -2.12. The van der Waals surface area contributed by atoms with E-state index in [1.807, 2.05) is 37.5 Å². The smallest absolute Gasteiger partial charge is 0.125 e. The molecule has 0 aliphatic carbocycles. The van der Waals surface area contributed by atoms with Crippen LogP contribution < -0.4 is 4.74 Å². The van der Waals surface area contributed by atoms with Gasteiger partial charge in [-0.05, 0) is 13.0 Å². The average Bonchev–Trinajstić information content (AvgIpc) is 2.73. The topological polar surface area (TPSA) is 47.3 Å². The number of aromatic nitrogens is 2. The third kappa shape index (κ3) is 2.85. The molecule has 0 aliphatic rings. The standard InChI is InChI=1S/C13H16N2O2/c1-10(16)12-5-3-4-6-13(12)17-9-11-7-14-15(2)8-11/h3-8,10,16H,9H2,1-2H3. The summed E-state index contributed by atoms with van der Waals surface area (Å²) in [5, 5.41) is 13.7. The fourth-order valence-electron chi connectivity index (χ4n) is 1.66. The molecule has 0 aliphatic heterocycles. The van der Waals surface area contributed by atoms with Crippen molar-refractivity contribution in [3.8, 4) is 5.75 Å². The Labute approximate surface area is 100 Å². The van der Waals surface area contributed by atoms with Crippen molar-refractivity contribution in [2.75, 3.05) is 0 Å². The highest BCUT2D eigenvalue weighted by Gasteiger charge is 2.08. The van der Waals surface area contributed by atoms with Gasteiger partial charge in [0.05, 0.1) is 12.3 Å². The van der Waals surface area contributed by atoms with Gasteiger partial charge in [0, 0.05) is 24.4 Å². The van der Waals surface area contributed by atoms with Crippen LogP contribution in [0.1, 0.15) is 24.2 Å². The van der Waals surface area contributed by atoms with Crippen molar-refractivity contribution >= 4 is 0 Å². The van der Waals surface area contributed by atoms with Gasteiger partial charge < -0.3 is 9.84 Å². The number of hydrogen-bond acceptors (Lipinski definition) is 3. The van der Waals surface area contributed by atoms with Crippen molar-refractivity contribution < 1.29 is 9.84 Å². The van der Waals surface area contributed by atoms with Crippen LogP contribution in [0.15, 0.2) is 36.7 Å². The van der Waals surface area contributed by atoms with Crippen LogP contribution in [0.3, 0.4) is 0 Å². The summed E-state index contributed by atoms with van der Waals surface area (Å²) in [4.78, 5) is 0. The van der Waals surface area contributed by atoms with Crippen LogP contribution in [0.5, 0.6) is 5.75 Å². The quantitative estimate of drug-likeness (QED) is 0.877. The highest BCUT2D eigenvalue weighted by Crippen LogP contribution is 2.25. The molecule has 0 fully saturated rings. The number of nitrogens with zero attached hydrogens (tertiary/aromatic N) is 2. The minimum absolute atomic E-state index is 0.456. The van der Waals surface area contributed by atoms with Gasteiger partial charge in [0.25, 0.3) is 0 Å². The molecular weight excluding hydrogens is 216 g/mol. The summed E-state index contributed by atoms with van der Waals surface area (Å²) in [5.74, 6) is 0.714. The van der Waals surface area contributed by atoms with E-state index in [1.165, 1.54) is 0 Å². The van der Waals surface area contributed by atoms with Crippen molar-refractivity contribution in [2.45, 2.75) is 19.6 Å². The van der Waals surface area contributed by atoms with Gasteiger partial charge in [0.2, 0.25) is 0 Å². The lowest BCUT2D eigenvalue weighted by atomic mass is 10.1. The highest BCUT2D eigenvalue weighted by molar-refractivity contribution is 5.34. The number of aliphatic hydroxyl groups excluding tert-OH is 1. The molecule has 0 radical (unpaired) electrons. The zero-order chi connectivity index (χ0) is 12.3. The summed E-state index contributed by atoms with van der Waals surface area (Å²) >= 11 is 0. The minimum atomic E-state index is -0.528. The number of aryl methyl sites for hydroxylation is 1. The van der Waals surface area contributed by atoms with E-state index in [-0.39, 0.29) is 0 Å². The van der Waals surface area contributed by atoms with Crippen LogP contribution in [0, 0.1) is 0 Å². The van der Waals surface area contributed by atoms with Gasteiger partial charge >= 0.3 is 0 Å². The molecule has 1 N–H and O–H groups in total. The Morgan fingerprint density at radius 2 is 2.18 bits per heavy atom. The molecule has 2 aromatic rings. The van der Waals surface area contributed by atoms with Gasteiger partial charge in [-0.1, -0.05) is 18.2 Å². The molecule has 0 spiro atoms. The van der Waals surface area contributed by atoms with Gasteiger partial charge in [-0.25, -0.2) is 0 Å². The fraction of sp³-hybridized carbons (Fsp3) is 0.308. The zero-order valence-corrected chi connectivity index (χ0v) is 10.00. The first-order valence-corrected chi connectivity index (χ1v) is 5.54. The van der Waals surface area contributed by atoms with Crippen molar-refractivity contribution in [1.82, 2.24) is 9.78 Å². The van der Waals surface area contributed by atoms with Crippen molar-refractivity contribution in [3.63, 3.8) is 0 Å². The molecule has 4 nitrogen and oxygen atoms in total. The largest absolute Gasteiger partial charge is 0.488 e. The number of aliphatic hydroxyl groups is 1. The van der Waals surface area contributed by atoms with Crippen LogP contribution in [0.2, 0.25) is 0 Å². The Hall–Kier alpha value is -1.81. The molecule has 1 heterocycles. The summed E-state index contributed by atoms with van der Waals surface area (Å²) in [6.45, 7) is 2.18. The Kier molecular flexibility index (Phi) is 3.44. The van der Waals surface area contributed by atoms with E-state index >= 15 is 0 Å². The monoisotopic (exact) mass is 232 g/mol. The maximum absolute atomic E-state index is 9.61. The summed E-state index contributed by atoms with van der Waals surface area (Å²) in [6.07, 6.45) is 3.15. The molecule has 0 saturated carbocycles. The number of hydrogen-bond donors (Lipinski definition) is 1. The third-order valence-electron chi connectivity index (χ3n) is 2.52. The van der Waals surface area contributed by atoms with E-state index in [2.05, 4.69) is 5.10 Å². The second kappa shape index (κ2) is 5.01. The van der Waals surface area contributed by atoms with E-state index in [0.717, 1.165) is 11.1 Å². The summed E-state index contributed by atoms with van der Waals surface area (Å²) < 4.78 is 7.42. The van der Waals surface area contributed by atoms with Crippen molar-refractivity contribution in [3.05, 3.63) is 47.8 Å². The van der Waals surface area contributed by atoms with Gasteiger partial charge in [-0.2, -0.15) is 5.10 Å². The van der Waals surface area contributed by atoms with Crippen LogP contribution >= 0.6 is 0 Å². The molecule has 0 bridgehead atoms. The van der Waals surface area contributed by atoms with E-state index in [1.54, 1.807) is 17.8 Å². The van der Waals surface area contributed by atoms with Crippen LogP contribution in [-0.4, -0.2) is 14.9 Å². The third-order valence-corrected chi connectivity index (χ3v) is 2.52. The second-order valence-corrected chi connectivity index (χ2v) is 4.02. The maximum atomic E-state index is 9.61. The Balaban J connectivity index is 2.08. The van der Waals surface area contributed by atoms with E-state index in [9.17, 15) is 5.11 Å². The van der Waals surface area contributed by atoms with Crippen LogP contribution in [0.4, 0.5) is 0 Å². The van der Waals surface area contributed by atoms with Gasteiger partial charge in [0.15, 0.2) is 0 Å². The molecule has 90 valence electrons. The first-order valence-electron chi connectivity index (χ1n) is 5.54. The van der Waals surface area contributed by atoms with E-state index in [0.29, 0.717) is 12.4 Å². The molecular formula is C13H16N2O2. The Morgan fingerprint density at radius 3 is 2.82 bits per heavy atom. The molecule has 1 aromatic heterocycles. The fourth-order valence-corrected chi connectivity index (χ4v) is 1.66. The summed E-state index contributed by atoms with van der Waals surface area (Å²) in [5.41, 5.74) is 1.81. The van der Waals surface area contributed by atoms with Crippen LogP contribution in [0.25, 0.3) is 0 Å². The molecule has 4 heteroatoms. The average molecular weight is 232 g/mol.